The summed E-state index contributed by atoms with van der Waals surface area (Å²) in [5.74, 6) is -0.0517. The summed E-state index contributed by atoms with van der Waals surface area (Å²) in [5.41, 5.74) is 3.38. The highest BCUT2D eigenvalue weighted by Crippen LogP contribution is 2.24. The highest BCUT2D eigenvalue weighted by atomic mass is 19.1. The van der Waals surface area contributed by atoms with Gasteiger partial charge in [0, 0.05) is 12.1 Å². The molecule has 0 fully saturated rings. The summed E-state index contributed by atoms with van der Waals surface area (Å²) in [7, 11) is 1.47. The van der Waals surface area contributed by atoms with Gasteiger partial charge in [-0.05, 0) is 44.0 Å². The van der Waals surface area contributed by atoms with Gasteiger partial charge in [0.15, 0.2) is 11.6 Å². The van der Waals surface area contributed by atoms with Crippen LogP contribution in [0.4, 0.5) is 4.39 Å². The molecule has 2 rings (SSSR count). The van der Waals surface area contributed by atoms with Gasteiger partial charge in [0.2, 0.25) is 0 Å². The Morgan fingerprint density at radius 3 is 2.10 bits per heavy atom. The molecule has 0 heterocycles. The van der Waals surface area contributed by atoms with E-state index < -0.39 is 0 Å². The van der Waals surface area contributed by atoms with Crippen LogP contribution in [0.3, 0.4) is 0 Å². The zero-order valence-corrected chi connectivity index (χ0v) is 13.0. The van der Waals surface area contributed by atoms with Crippen molar-refractivity contribution in [2.75, 3.05) is 7.11 Å². The van der Waals surface area contributed by atoms with E-state index in [-0.39, 0.29) is 23.7 Å². The highest BCUT2D eigenvalue weighted by Gasteiger charge is 2.13. The van der Waals surface area contributed by atoms with Gasteiger partial charge in [0.1, 0.15) is 0 Å². The predicted molar refractivity (Wildman–Crippen MR) is 84.1 cm³/mol. The minimum Gasteiger partial charge on any atom is -0.494 e. The predicted octanol–water partition coefficient (Wildman–Crippen LogP) is 4.55. The van der Waals surface area contributed by atoms with Crippen LogP contribution in [0.25, 0.3) is 0 Å². The Balaban J connectivity index is 2.08. The van der Waals surface area contributed by atoms with Crippen LogP contribution < -0.4 is 10.1 Å². The Bertz CT molecular complexity index is 595. The lowest BCUT2D eigenvalue weighted by molar-refractivity contribution is 0.385. The van der Waals surface area contributed by atoms with Gasteiger partial charge in [-0.1, -0.05) is 35.9 Å². The summed E-state index contributed by atoms with van der Waals surface area (Å²) < 4.78 is 18.7. The van der Waals surface area contributed by atoms with E-state index in [1.807, 2.05) is 13.0 Å². The lowest BCUT2D eigenvalue weighted by Gasteiger charge is -2.21. The fourth-order valence-electron chi connectivity index (χ4n) is 2.37. The fraction of sp³-hybridized carbons (Fsp3) is 0.333. The number of methoxy groups -OCH3 is 1. The molecule has 0 saturated heterocycles. The molecular formula is C18H22FNO. The summed E-state index contributed by atoms with van der Waals surface area (Å²) in [6.45, 7) is 6.22. The third-order valence-corrected chi connectivity index (χ3v) is 3.75. The van der Waals surface area contributed by atoms with Crippen LogP contribution in [0.2, 0.25) is 0 Å². The molecule has 112 valence electrons. The Morgan fingerprint density at radius 1 is 0.952 bits per heavy atom. The van der Waals surface area contributed by atoms with Gasteiger partial charge >= 0.3 is 0 Å². The summed E-state index contributed by atoms with van der Waals surface area (Å²) in [4.78, 5) is 0. The molecule has 0 radical (unpaired) electrons. The second-order valence-corrected chi connectivity index (χ2v) is 5.41. The molecule has 2 aromatic carbocycles. The van der Waals surface area contributed by atoms with Gasteiger partial charge in [-0.25, -0.2) is 4.39 Å². The molecule has 2 aromatic rings. The van der Waals surface area contributed by atoms with Crippen LogP contribution in [-0.2, 0) is 0 Å². The molecular weight excluding hydrogens is 265 g/mol. The molecule has 0 spiro atoms. The molecule has 1 N–H and O–H groups in total. The zero-order valence-electron chi connectivity index (χ0n) is 13.0. The van der Waals surface area contributed by atoms with Crippen LogP contribution in [0, 0.1) is 12.7 Å². The first-order chi connectivity index (χ1) is 10.0. The lowest BCUT2D eigenvalue weighted by Crippen LogP contribution is -2.22. The maximum atomic E-state index is 13.8. The summed E-state index contributed by atoms with van der Waals surface area (Å²) in [6, 6.07) is 13.8. The number of benzene rings is 2. The van der Waals surface area contributed by atoms with Crippen LogP contribution >= 0.6 is 0 Å². The second kappa shape index (κ2) is 6.72. The maximum absolute atomic E-state index is 13.8. The Hall–Kier alpha value is -1.87. The van der Waals surface area contributed by atoms with Gasteiger partial charge < -0.3 is 10.1 Å². The summed E-state index contributed by atoms with van der Waals surface area (Å²) >= 11 is 0. The number of aryl methyl sites for hydroxylation is 1. The topological polar surface area (TPSA) is 21.3 Å². The maximum Gasteiger partial charge on any atom is 0.165 e. The summed E-state index contributed by atoms with van der Waals surface area (Å²) in [5, 5.41) is 3.49. The average Bonchev–Trinajstić information content (AvgIpc) is 2.47. The normalized spacial score (nSPS) is 13.8. The smallest absolute Gasteiger partial charge is 0.165 e. The van der Waals surface area contributed by atoms with Crippen molar-refractivity contribution >= 4 is 0 Å². The first kappa shape index (κ1) is 15.5. The van der Waals surface area contributed by atoms with Crippen molar-refractivity contribution in [3.8, 4) is 5.75 Å². The SMILES string of the molecule is COc1ccc(C(C)N[C@@H](C)c2ccc(C)cc2)cc1F. The standard InChI is InChI=1S/C18H22FNO/c1-12-5-7-15(8-6-12)13(2)20-14(3)16-9-10-18(21-4)17(19)11-16/h5-11,13-14,20H,1-4H3/t13-,14?/m0/s1. The monoisotopic (exact) mass is 287 g/mol. The first-order valence-electron chi connectivity index (χ1n) is 7.17. The third kappa shape index (κ3) is 3.82. The molecule has 1 unspecified atom stereocenters. The lowest BCUT2D eigenvalue weighted by atomic mass is 10.0. The van der Waals surface area contributed by atoms with E-state index in [9.17, 15) is 4.39 Å². The van der Waals surface area contributed by atoms with Crippen molar-refractivity contribution in [2.24, 2.45) is 0 Å². The minimum atomic E-state index is -0.327. The molecule has 3 heteroatoms. The van der Waals surface area contributed by atoms with E-state index in [0.29, 0.717) is 0 Å². The van der Waals surface area contributed by atoms with E-state index in [2.05, 4.69) is 43.4 Å². The number of nitrogens with one attached hydrogen (secondary N) is 1. The Morgan fingerprint density at radius 2 is 1.52 bits per heavy atom. The van der Waals surface area contributed by atoms with Gasteiger partial charge in [0.05, 0.1) is 7.11 Å². The van der Waals surface area contributed by atoms with Crippen molar-refractivity contribution < 1.29 is 9.13 Å². The number of hydrogen-bond acceptors (Lipinski definition) is 2. The minimum absolute atomic E-state index is 0.0571. The van der Waals surface area contributed by atoms with Crippen LogP contribution in [0.15, 0.2) is 42.5 Å². The molecule has 0 aliphatic heterocycles. The van der Waals surface area contributed by atoms with Crippen molar-refractivity contribution in [1.29, 1.82) is 0 Å². The number of halogens is 1. The van der Waals surface area contributed by atoms with E-state index >= 15 is 0 Å². The number of ether oxygens (including phenoxy) is 1. The van der Waals surface area contributed by atoms with Gasteiger partial charge in [-0.2, -0.15) is 0 Å². The molecule has 0 aliphatic rings. The molecule has 21 heavy (non-hydrogen) atoms. The van der Waals surface area contributed by atoms with E-state index in [4.69, 9.17) is 4.74 Å². The molecule has 2 nitrogen and oxygen atoms in total. The summed E-state index contributed by atoms with van der Waals surface area (Å²) in [6.07, 6.45) is 0. The first-order valence-corrected chi connectivity index (χ1v) is 7.17. The van der Waals surface area contributed by atoms with Crippen molar-refractivity contribution in [3.05, 3.63) is 65.0 Å². The van der Waals surface area contributed by atoms with Crippen LogP contribution in [0.5, 0.6) is 5.75 Å². The van der Waals surface area contributed by atoms with E-state index in [1.54, 1.807) is 6.07 Å². The fourth-order valence-corrected chi connectivity index (χ4v) is 2.37. The van der Waals surface area contributed by atoms with E-state index in [1.165, 1.54) is 24.3 Å². The zero-order chi connectivity index (χ0) is 15.4. The molecule has 0 bridgehead atoms. The third-order valence-electron chi connectivity index (χ3n) is 3.75. The largest absolute Gasteiger partial charge is 0.494 e. The van der Waals surface area contributed by atoms with E-state index in [0.717, 1.165) is 5.56 Å². The quantitative estimate of drug-likeness (QED) is 0.870. The number of rotatable bonds is 5. The van der Waals surface area contributed by atoms with Gasteiger partial charge in [-0.3, -0.25) is 0 Å². The second-order valence-electron chi connectivity index (χ2n) is 5.41. The number of hydrogen-bond donors (Lipinski definition) is 1. The molecule has 2 atom stereocenters. The molecule has 0 amide bonds. The van der Waals surface area contributed by atoms with Crippen molar-refractivity contribution in [1.82, 2.24) is 5.32 Å². The Kier molecular flexibility index (Phi) is 4.97. The Labute approximate surface area is 126 Å². The van der Waals surface area contributed by atoms with Crippen LogP contribution in [-0.4, -0.2) is 7.11 Å². The van der Waals surface area contributed by atoms with Gasteiger partial charge in [0.25, 0.3) is 0 Å². The molecule has 0 saturated carbocycles. The highest BCUT2D eigenvalue weighted by molar-refractivity contribution is 5.31. The average molecular weight is 287 g/mol. The van der Waals surface area contributed by atoms with Crippen molar-refractivity contribution in [3.63, 3.8) is 0 Å². The van der Waals surface area contributed by atoms with Gasteiger partial charge in [-0.15, -0.1) is 0 Å². The molecule has 0 aromatic heterocycles. The molecule has 0 aliphatic carbocycles. The van der Waals surface area contributed by atoms with Crippen molar-refractivity contribution in [2.45, 2.75) is 32.9 Å². The van der Waals surface area contributed by atoms with Crippen LogP contribution in [0.1, 0.15) is 42.6 Å².